The minimum absolute atomic E-state index is 0.238. The fraction of sp³-hybridized carbons (Fsp3) is 0.100. The van der Waals surface area contributed by atoms with E-state index in [9.17, 15) is 12.6 Å². The van der Waals surface area contributed by atoms with Crippen molar-refractivity contribution in [3.05, 3.63) is 84.4 Å². The third kappa shape index (κ3) is 3.71. The third-order valence-electron chi connectivity index (χ3n) is 4.05. The molecule has 0 saturated carbocycles. The zero-order chi connectivity index (χ0) is 18.7. The molecule has 1 unspecified atom stereocenters. The topological polar surface area (TPSA) is 54.5 Å². The van der Waals surface area contributed by atoms with Gasteiger partial charge in [0, 0.05) is 16.8 Å². The first kappa shape index (κ1) is 18.4. The lowest BCUT2D eigenvalue weighted by molar-refractivity contribution is 0.594. The summed E-state index contributed by atoms with van der Waals surface area (Å²) in [6.07, 6.45) is 0. The van der Waals surface area contributed by atoms with Crippen molar-refractivity contribution < 1.29 is 12.6 Å². The van der Waals surface area contributed by atoms with Crippen LogP contribution in [0.15, 0.2) is 93.5 Å². The average Bonchev–Trinajstić information content (AvgIpc) is 2.68. The molecule has 0 aromatic heterocycles. The van der Waals surface area contributed by atoms with Gasteiger partial charge in [0.15, 0.2) is 0 Å². The van der Waals surface area contributed by atoms with E-state index >= 15 is 0 Å². The number of sulfonamides is 1. The van der Waals surface area contributed by atoms with E-state index in [4.69, 9.17) is 0 Å². The molecule has 1 atom stereocenters. The van der Waals surface area contributed by atoms with Gasteiger partial charge < -0.3 is 0 Å². The van der Waals surface area contributed by atoms with E-state index in [1.165, 1.54) is 11.4 Å². The molecule has 0 saturated heterocycles. The van der Waals surface area contributed by atoms with Gasteiger partial charge in [0.05, 0.1) is 21.4 Å². The fourth-order valence-corrected chi connectivity index (χ4v) is 4.72. The van der Waals surface area contributed by atoms with Crippen molar-refractivity contribution in [1.29, 1.82) is 0 Å². The van der Waals surface area contributed by atoms with E-state index in [2.05, 4.69) is 0 Å². The van der Waals surface area contributed by atoms with Crippen molar-refractivity contribution in [3.63, 3.8) is 0 Å². The van der Waals surface area contributed by atoms with Crippen LogP contribution in [0.4, 0.5) is 5.69 Å². The molecule has 3 aromatic rings. The lowest BCUT2D eigenvalue weighted by Crippen LogP contribution is -2.26. The van der Waals surface area contributed by atoms with Crippen LogP contribution in [0.1, 0.15) is 5.56 Å². The second kappa shape index (κ2) is 7.43. The van der Waals surface area contributed by atoms with Crippen molar-refractivity contribution in [2.45, 2.75) is 21.6 Å². The predicted octanol–water partition coefficient (Wildman–Crippen LogP) is 3.99. The van der Waals surface area contributed by atoms with Crippen LogP contribution >= 0.6 is 0 Å². The van der Waals surface area contributed by atoms with Gasteiger partial charge >= 0.3 is 0 Å². The predicted molar refractivity (Wildman–Crippen MR) is 104 cm³/mol. The van der Waals surface area contributed by atoms with Crippen LogP contribution in [0.5, 0.6) is 0 Å². The van der Waals surface area contributed by atoms with E-state index in [1.807, 2.05) is 25.1 Å². The van der Waals surface area contributed by atoms with Crippen LogP contribution in [0.25, 0.3) is 0 Å². The quantitative estimate of drug-likeness (QED) is 0.667. The molecule has 26 heavy (non-hydrogen) atoms. The van der Waals surface area contributed by atoms with Crippen LogP contribution in [-0.4, -0.2) is 19.7 Å². The summed E-state index contributed by atoms with van der Waals surface area (Å²) >= 11 is 0. The van der Waals surface area contributed by atoms with Crippen molar-refractivity contribution in [1.82, 2.24) is 0 Å². The molecular weight excluding hydrogens is 366 g/mol. The minimum Gasteiger partial charge on any atom is -0.269 e. The van der Waals surface area contributed by atoms with Crippen LogP contribution in [0, 0.1) is 6.92 Å². The summed E-state index contributed by atoms with van der Waals surface area (Å²) in [6, 6.07) is 22.6. The highest BCUT2D eigenvalue weighted by Gasteiger charge is 2.21. The number of rotatable bonds is 5. The van der Waals surface area contributed by atoms with Gasteiger partial charge in [-0.15, -0.1) is 0 Å². The summed E-state index contributed by atoms with van der Waals surface area (Å²) in [7, 11) is -3.42. The van der Waals surface area contributed by atoms with Gasteiger partial charge in [0.25, 0.3) is 10.0 Å². The van der Waals surface area contributed by atoms with Crippen LogP contribution < -0.4 is 4.31 Å². The van der Waals surface area contributed by atoms with Crippen LogP contribution in [0.2, 0.25) is 0 Å². The van der Waals surface area contributed by atoms with E-state index in [1.54, 1.807) is 60.7 Å². The smallest absolute Gasteiger partial charge is 0.264 e. The standard InChI is InChI=1S/C20H19NO3S2/c1-16-8-14-20(15-9-16)26(23,24)21(2)17-10-12-19(13-11-17)25(22)18-6-4-3-5-7-18/h3-15H,1-2H3. The minimum atomic E-state index is -3.64. The zero-order valence-electron chi connectivity index (χ0n) is 14.5. The lowest BCUT2D eigenvalue weighted by Gasteiger charge is -2.20. The average molecular weight is 386 g/mol. The lowest BCUT2D eigenvalue weighted by atomic mass is 10.2. The molecule has 4 nitrogen and oxygen atoms in total. The Morgan fingerprint density at radius 3 is 1.88 bits per heavy atom. The van der Waals surface area contributed by atoms with E-state index in [0.717, 1.165) is 5.56 Å². The molecule has 3 rings (SSSR count). The van der Waals surface area contributed by atoms with Crippen molar-refractivity contribution >= 4 is 26.5 Å². The highest BCUT2D eigenvalue weighted by Crippen LogP contribution is 2.24. The van der Waals surface area contributed by atoms with E-state index in [-0.39, 0.29) is 4.90 Å². The summed E-state index contributed by atoms with van der Waals surface area (Å²) in [5, 5.41) is 0. The number of nitrogens with zero attached hydrogens (tertiary/aromatic N) is 1. The third-order valence-corrected chi connectivity index (χ3v) is 7.25. The van der Waals surface area contributed by atoms with Crippen molar-refractivity contribution in [2.24, 2.45) is 0 Å². The van der Waals surface area contributed by atoms with E-state index < -0.39 is 20.8 Å². The Balaban J connectivity index is 1.86. The van der Waals surface area contributed by atoms with Gasteiger partial charge in [0.1, 0.15) is 0 Å². The Morgan fingerprint density at radius 1 is 0.769 bits per heavy atom. The SMILES string of the molecule is Cc1ccc(S(=O)(=O)N(C)c2ccc(S(=O)c3ccccc3)cc2)cc1. The molecule has 6 heteroatoms. The second-order valence-corrected chi connectivity index (χ2v) is 9.31. The maximum Gasteiger partial charge on any atom is 0.264 e. The molecule has 0 aliphatic rings. The fourth-order valence-electron chi connectivity index (χ4n) is 2.47. The van der Waals surface area contributed by atoms with Gasteiger partial charge in [-0.25, -0.2) is 12.6 Å². The first-order valence-electron chi connectivity index (χ1n) is 8.02. The Labute approximate surface area is 156 Å². The molecule has 0 N–H and O–H groups in total. The molecule has 0 aliphatic carbocycles. The summed E-state index contributed by atoms with van der Waals surface area (Å²) in [4.78, 5) is 1.57. The highest BCUT2D eigenvalue weighted by molar-refractivity contribution is 7.92. The number of hydrogen-bond acceptors (Lipinski definition) is 3. The molecule has 0 aliphatic heterocycles. The number of aryl methyl sites for hydroxylation is 1. The van der Waals surface area contributed by atoms with Gasteiger partial charge in [-0.3, -0.25) is 4.31 Å². The van der Waals surface area contributed by atoms with Gasteiger partial charge in [-0.1, -0.05) is 35.9 Å². The Morgan fingerprint density at radius 2 is 1.31 bits per heavy atom. The zero-order valence-corrected chi connectivity index (χ0v) is 16.1. The van der Waals surface area contributed by atoms with Crippen molar-refractivity contribution in [2.75, 3.05) is 11.4 Å². The molecule has 3 aromatic carbocycles. The molecule has 0 radical (unpaired) electrons. The Bertz CT molecular complexity index is 1010. The summed E-state index contributed by atoms with van der Waals surface area (Å²) in [5.41, 5.74) is 1.51. The summed E-state index contributed by atoms with van der Waals surface area (Å²) < 4.78 is 39.3. The molecule has 134 valence electrons. The van der Waals surface area contributed by atoms with Crippen LogP contribution in [-0.2, 0) is 20.8 Å². The highest BCUT2D eigenvalue weighted by atomic mass is 32.2. The number of anilines is 1. The Kier molecular flexibility index (Phi) is 5.25. The second-order valence-electron chi connectivity index (χ2n) is 5.86. The normalized spacial score (nSPS) is 12.5. The first-order valence-corrected chi connectivity index (χ1v) is 10.6. The Hall–Kier alpha value is -2.44. The molecular formula is C20H19NO3S2. The summed E-state index contributed by atoms with van der Waals surface area (Å²) in [5.74, 6) is 0. The maximum absolute atomic E-state index is 12.8. The first-order chi connectivity index (χ1) is 12.4. The maximum atomic E-state index is 12.8. The van der Waals surface area contributed by atoms with Gasteiger partial charge in [0.2, 0.25) is 0 Å². The molecule has 0 bridgehead atoms. The van der Waals surface area contributed by atoms with Crippen LogP contribution in [0.3, 0.4) is 0 Å². The number of hydrogen-bond donors (Lipinski definition) is 0. The van der Waals surface area contributed by atoms with E-state index in [0.29, 0.717) is 15.5 Å². The molecule has 0 fully saturated rings. The largest absolute Gasteiger partial charge is 0.269 e. The summed E-state index contributed by atoms with van der Waals surface area (Å²) in [6.45, 7) is 1.91. The monoisotopic (exact) mass is 385 g/mol. The number of benzene rings is 3. The van der Waals surface area contributed by atoms with Gasteiger partial charge in [-0.2, -0.15) is 0 Å². The molecule has 0 spiro atoms. The molecule has 0 amide bonds. The van der Waals surface area contributed by atoms with Crippen molar-refractivity contribution in [3.8, 4) is 0 Å². The van der Waals surface area contributed by atoms with Gasteiger partial charge in [-0.05, 0) is 55.5 Å². The molecule has 0 heterocycles.